The lowest BCUT2D eigenvalue weighted by Crippen LogP contribution is -2.14. The molecule has 0 spiro atoms. The van der Waals surface area contributed by atoms with Crippen LogP contribution in [0.15, 0.2) is 17.0 Å². The summed E-state index contributed by atoms with van der Waals surface area (Å²) in [7, 11) is 1.65. The Hall–Kier alpha value is -1.16. The SMILES string of the molecule is COc1cc(C2(CC(=O)O)CC2)c(SC)cc1C. The van der Waals surface area contributed by atoms with Crippen LogP contribution in [-0.4, -0.2) is 24.4 Å². The second-order valence-electron chi connectivity index (χ2n) is 4.87. The van der Waals surface area contributed by atoms with E-state index in [1.807, 2.05) is 19.2 Å². The number of rotatable bonds is 5. The zero-order valence-corrected chi connectivity index (χ0v) is 11.8. The number of hydrogen-bond donors (Lipinski definition) is 1. The van der Waals surface area contributed by atoms with Gasteiger partial charge in [-0.15, -0.1) is 11.8 Å². The molecule has 18 heavy (non-hydrogen) atoms. The zero-order valence-electron chi connectivity index (χ0n) is 10.9. The van der Waals surface area contributed by atoms with E-state index < -0.39 is 5.97 Å². The van der Waals surface area contributed by atoms with E-state index in [9.17, 15) is 4.79 Å². The Balaban J connectivity index is 2.46. The minimum absolute atomic E-state index is 0.162. The van der Waals surface area contributed by atoms with Crippen LogP contribution in [0.1, 0.15) is 30.4 Å². The lowest BCUT2D eigenvalue weighted by Gasteiger charge is -2.19. The molecule has 98 valence electrons. The van der Waals surface area contributed by atoms with Crippen molar-refractivity contribution in [3.05, 3.63) is 23.3 Å². The van der Waals surface area contributed by atoms with Crippen molar-refractivity contribution in [1.82, 2.24) is 0 Å². The van der Waals surface area contributed by atoms with Crippen LogP contribution in [0.2, 0.25) is 0 Å². The van der Waals surface area contributed by atoms with Gasteiger partial charge in [0.1, 0.15) is 5.75 Å². The van der Waals surface area contributed by atoms with E-state index in [0.717, 1.165) is 29.7 Å². The standard InChI is InChI=1S/C14H18O3S/c1-9-6-12(18-3)10(7-11(9)17-2)14(4-5-14)8-13(15)16/h6-7H,4-5,8H2,1-3H3,(H,15,16). The highest BCUT2D eigenvalue weighted by Crippen LogP contribution is 2.54. The molecule has 0 unspecified atom stereocenters. The second-order valence-corrected chi connectivity index (χ2v) is 5.72. The fourth-order valence-corrected chi connectivity index (χ4v) is 3.24. The minimum atomic E-state index is -0.723. The summed E-state index contributed by atoms with van der Waals surface area (Å²) in [5, 5.41) is 9.06. The molecule has 0 bridgehead atoms. The molecule has 0 aromatic heterocycles. The van der Waals surface area contributed by atoms with E-state index >= 15 is 0 Å². The summed E-state index contributed by atoms with van der Waals surface area (Å²) in [5.74, 6) is 0.124. The molecule has 0 saturated heterocycles. The normalized spacial score (nSPS) is 16.4. The number of thioether (sulfide) groups is 1. The molecule has 1 fully saturated rings. The van der Waals surface area contributed by atoms with Gasteiger partial charge in [-0.3, -0.25) is 4.79 Å². The number of aryl methyl sites for hydroxylation is 1. The fourth-order valence-electron chi connectivity index (χ4n) is 2.45. The smallest absolute Gasteiger partial charge is 0.304 e. The molecule has 1 saturated carbocycles. The van der Waals surface area contributed by atoms with Gasteiger partial charge in [-0.1, -0.05) is 0 Å². The molecule has 2 rings (SSSR count). The first-order valence-electron chi connectivity index (χ1n) is 5.97. The van der Waals surface area contributed by atoms with Crippen LogP contribution in [0.3, 0.4) is 0 Å². The topological polar surface area (TPSA) is 46.5 Å². The van der Waals surface area contributed by atoms with Crippen molar-refractivity contribution < 1.29 is 14.6 Å². The molecule has 1 aromatic carbocycles. The predicted octanol–water partition coefficient (Wildman–Crippen LogP) is 3.23. The maximum absolute atomic E-state index is 11.0. The summed E-state index contributed by atoms with van der Waals surface area (Å²) in [5.41, 5.74) is 2.07. The number of carboxylic acids is 1. The van der Waals surface area contributed by atoms with Crippen molar-refractivity contribution in [3.8, 4) is 5.75 Å². The third-order valence-corrected chi connectivity index (χ3v) is 4.41. The number of ether oxygens (including phenoxy) is 1. The van der Waals surface area contributed by atoms with Gasteiger partial charge in [-0.05, 0) is 49.3 Å². The second kappa shape index (κ2) is 4.84. The van der Waals surface area contributed by atoms with Crippen LogP contribution in [0.25, 0.3) is 0 Å². The van der Waals surface area contributed by atoms with E-state index in [1.165, 1.54) is 4.90 Å². The van der Waals surface area contributed by atoms with Crippen LogP contribution in [0.5, 0.6) is 5.75 Å². The highest BCUT2D eigenvalue weighted by Gasteiger charge is 2.47. The lowest BCUT2D eigenvalue weighted by molar-refractivity contribution is -0.137. The number of carbonyl (C=O) groups is 1. The van der Waals surface area contributed by atoms with Crippen molar-refractivity contribution in [2.24, 2.45) is 0 Å². The van der Waals surface area contributed by atoms with Crippen LogP contribution in [-0.2, 0) is 10.2 Å². The van der Waals surface area contributed by atoms with E-state index in [-0.39, 0.29) is 11.8 Å². The lowest BCUT2D eigenvalue weighted by atomic mass is 9.91. The molecule has 1 N–H and O–H groups in total. The molecule has 0 aliphatic heterocycles. The maximum Gasteiger partial charge on any atom is 0.304 e. The molecule has 0 radical (unpaired) electrons. The number of carboxylic acid groups (broad SMARTS) is 1. The van der Waals surface area contributed by atoms with Gasteiger partial charge in [0, 0.05) is 10.3 Å². The third kappa shape index (κ3) is 2.34. The first-order chi connectivity index (χ1) is 8.52. The highest BCUT2D eigenvalue weighted by molar-refractivity contribution is 7.98. The summed E-state index contributed by atoms with van der Waals surface area (Å²) in [6.07, 6.45) is 4.16. The van der Waals surface area contributed by atoms with E-state index in [4.69, 9.17) is 9.84 Å². The van der Waals surface area contributed by atoms with Gasteiger partial charge in [0.05, 0.1) is 13.5 Å². The first kappa shape index (κ1) is 13.3. The molecular formula is C14H18O3S. The average Bonchev–Trinajstić information content (AvgIpc) is 3.08. The Morgan fingerprint density at radius 2 is 2.17 bits per heavy atom. The summed E-state index contributed by atoms with van der Waals surface area (Å²) in [6.45, 7) is 2.01. The molecule has 0 atom stereocenters. The van der Waals surface area contributed by atoms with Crippen LogP contribution < -0.4 is 4.74 Å². The Labute approximate surface area is 112 Å². The zero-order chi connectivity index (χ0) is 13.3. The van der Waals surface area contributed by atoms with Gasteiger partial charge in [0.2, 0.25) is 0 Å². The van der Waals surface area contributed by atoms with Gasteiger partial charge in [-0.2, -0.15) is 0 Å². The molecule has 1 aliphatic rings. The van der Waals surface area contributed by atoms with Crippen molar-refractivity contribution in [2.45, 2.75) is 36.5 Å². The first-order valence-corrected chi connectivity index (χ1v) is 7.20. The van der Waals surface area contributed by atoms with Gasteiger partial charge < -0.3 is 9.84 Å². The molecule has 4 heteroatoms. The Bertz CT molecular complexity index is 478. The van der Waals surface area contributed by atoms with Crippen LogP contribution in [0, 0.1) is 6.92 Å². The highest BCUT2D eigenvalue weighted by atomic mass is 32.2. The van der Waals surface area contributed by atoms with Gasteiger partial charge >= 0.3 is 5.97 Å². The molecule has 1 aromatic rings. The van der Waals surface area contributed by atoms with Gasteiger partial charge in [0.15, 0.2) is 0 Å². The summed E-state index contributed by atoms with van der Waals surface area (Å²) >= 11 is 1.67. The fraction of sp³-hybridized carbons (Fsp3) is 0.500. The molecule has 3 nitrogen and oxygen atoms in total. The minimum Gasteiger partial charge on any atom is -0.496 e. The Morgan fingerprint density at radius 1 is 1.50 bits per heavy atom. The molecular weight excluding hydrogens is 248 g/mol. The van der Waals surface area contributed by atoms with Crippen molar-refractivity contribution in [3.63, 3.8) is 0 Å². The van der Waals surface area contributed by atoms with E-state index in [0.29, 0.717) is 0 Å². The monoisotopic (exact) mass is 266 g/mol. The van der Waals surface area contributed by atoms with Crippen molar-refractivity contribution >= 4 is 17.7 Å². The third-order valence-electron chi connectivity index (χ3n) is 3.63. The molecule has 0 amide bonds. The number of methoxy groups -OCH3 is 1. The number of hydrogen-bond acceptors (Lipinski definition) is 3. The van der Waals surface area contributed by atoms with Gasteiger partial charge in [-0.25, -0.2) is 0 Å². The van der Waals surface area contributed by atoms with Crippen molar-refractivity contribution in [1.29, 1.82) is 0 Å². The van der Waals surface area contributed by atoms with E-state index in [1.54, 1.807) is 18.9 Å². The summed E-state index contributed by atoms with van der Waals surface area (Å²) < 4.78 is 5.36. The van der Waals surface area contributed by atoms with Crippen LogP contribution in [0.4, 0.5) is 0 Å². The average molecular weight is 266 g/mol. The summed E-state index contributed by atoms with van der Waals surface area (Å²) in [4.78, 5) is 12.2. The van der Waals surface area contributed by atoms with Crippen molar-refractivity contribution in [2.75, 3.05) is 13.4 Å². The Kier molecular flexibility index (Phi) is 3.57. The molecule has 0 heterocycles. The maximum atomic E-state index is 11.0. The number of benzene rings is 1. The quantitative estimate of drug-likeness (QED) is 0.831. The Morgan fingerprint density at radius 3 is 2.61 bits per heavy atom. The van der Waals surface area contributed by atoms with E-state index in [2.05, 4.69) is 6.07 Å². The predicted molar refractivity (Wildman–Crippen MR) is 72.7 cm³/mol. The van der Waals surface area contributed by atoms with Gasteiger partial charge in [0.25, 0.3) is 0 Å². The summed E-state index contributed by atoms with van der Waals surface area (Å²) in [6, 6.07) is 4.12. The molecule has 1 aliphatic carbocycles. The van der Waals surface area contributed by atoms with Crippen LogP contribution >= 0.6 is 11.8 Å². The largest absolute Gasteiger partial charge is 0.496 e. The number of aliphatic carboxylic acids is 1.